The summed E-state index contributed by atoms with van der Waals surface area (Å²) in [4.78, 5) is 24.7. The molecule has 0 aliphatic heterocycles. The Labute approximate surface area is 187 Å². The molecule has 0 spiro atoms. The SMILES string of the molecule is Cc1cc([C@@H](C)Nc2ccc(F)c(F)c2C(=O)O)c2oc(-c3cnn(C)c3)c(C)c(=O)c2c1. The summed E-state index contributed by atoms with van der Waals surface area (Å²) in [5.74, 6) is -3.93. The van der Waals surface area contributed by atoms with Crippen molar-refractivity contribution >= 4 is 22.6 Å². The van der Waals surface area contributed by atoms with Crippen LogP contribution in [-0.4, -0.2) is 20.9 Å². The van der Waals surface area contributed by atoms with Crippen LogP contribution in [-0.2, 0) is 7.05 Å². The van der Waals surface area contributed by atoms with Gasteiger partial charge in [-0.05, 0) is 44.5 Å². The van der Waals surface area contributed by atoms with Gasteiger partial charge in [0.1, 0.15) is 16.9 Å². The third-order valence-corrected chi connectivity index (χ3v) is 5.51. The summed E-state index contributed by atoms with van der Waals surface area (Å²) in [5, 5.41) is 16.8. The van der Waals surface area contributed by atoms with E-state index in [2.05, 4.69) is 10.4 Å². The van der Waals surface area contributed by atoms with E-state index in [0.29, 0.717) is 33.4 Å². The van der Waals surface area contributed by atoms with Crippen LogP contribution in [0.15, 0.2) is 45.9 Å². The zero-order chi connectivity index (χ0) is 24.0. The number of benzene rings is 2. The van der Waals surface area contributed by atoms with Gasteiger partial charge in [0.2, 0.25) is 0 Å². The van der Waals surface area contributed by atoms with Gasteiger partial charge in [-0.3, -0.25) is 9.48 Å². The number of fused-ring (bicyclic) bond motifs is 1. The first-order valence-electron chi connectivity index (χ1n) is 10.1. The summed E-state index contributed by atoms with van der Waals surface area (Å²) in [6.07, 6.45) is 3.32. The predicted molar refractivity (Wildman–Crippen MR) is 120 cm³/mol. The smallest absolute Gasteiger partial charge is 0.340 e. The van der Waals surface area contributed by atoms with Crippen molar-refractivity contribution in [2.75, 3.05) is 5.32 Å². The van der Waals surface area contributed by atoms with Gasteiger partial charge in [0, 0.05) is 24.4 Å². The number of rotatable bonds is 5. The summed E-state index contributed by atoms with van der Waals surface area (Å²) in [6.45, 7) is 5.21. The molecule has 2 heterocycles. The van der Waals surface area contributed by atoms with E-state index in [1.165, 1.54) is 0 Å². The Hall–Kier alpha value is -4.01. The number of halogens is 2. The monoisotopic (exact) mass is 453 g/mol. The number of carboxylic acids is 1. The third-order valence-electron chi connectivity index (χ3n) is 5.51. The molecular formula is C24H21F2N3O4. The number of nitrogens with one attached hydrogen (secondary N) is 1. The molecule has 7 nitrogen and oxygen atoms in total. The third kappa shape index (κ3) is 3.86. The maximum atomic E-state index is 14.2. The number of carboxylic acid groups (broad SMARTS) is 1. The minimum Gasteiger partial charge on any atom is -0.478 e. The van der Waals surface area contributed by atoms with Gasteiger partial charge >= 0.3 is 5.97 Å². The molecule has 4 aromatic rings. The first-order chi connectivity index (χ1) is 15.6. The lowest BCUT2D eigenvalue weighted by Gasteiger charge is -2.20. The topological polar surface area (TPSA) is 97.4 Å². The largest absolute Gasteiger partial charge is 0.478 e. The molecule has 2 aromatic carbocycles. The maximum Gasteiger partial charge on any atom is 0.340 e. The summed E-state index contributed by atoms with van der Waals surface area (Å²) < 4.78 is 35.6. The lowest BCUT2D eigenvalue weighted by Crippen LogP contribution is -2.15. The molecule has 0 bridgehead atoms. The van der Waals surface area contributed by atoms with E-state index in [4.69, 9.17) is 4.42 Å². The van der Waals surface area contributed by atoms with Gasteiger partial charge in [-0.15, -0.1) is 0 Å². The van der Waals surface area contributed by atoms with E-state index in [0.717, 1.165) is 17.7 Å². The average molecular weight is 453 g/mol. The highest BCUT2D eigenvalue weighted by Gasteiger charge is 2.23. The van der Waals surface area contributed by atoms with E-state index < -0.39 is 29.2 Å². The highest BCUT2D eigenvalue weighted by molar-refractivity contribution is 5.95. The molecule has 0 saturated heterocycles. The van der Waals surface area contributed by atoms with Crippen LogP contribution in [0.25, 0.3) is 22.3 Å². The first kappa shape index (κ1) is 22.2. The lowest BCUT2D eigenvalue weighted by atomic mass is 9.99. The van der Waals surface area contributed by atoms with E-state index >= 15 is 0 Å². The number of hydrogen-bond acceptors (Lipinski definition) is 5. The van der Waals surface area contributed by atoms with Crippen molar-refractivity contribution in [3.63, 3.8) is 0 Å². The Morgan fingerprint density at radius 3 is 2.61 bits per heavy atom. The average Bonchev–Trinajstić information content (AvgIpc) is 3.18. The molecule has 33 heavy (non-hydrogen) atoms. The molecule has 0 unspecified atom stereocenters. The molecule has 2 N–H and O–H groups in total. The van der Waals surface area contributed by atoms with Crippen molar-refractivity contribution in [3.8, 4) is 11.3 Å². The van der Waals surface area contributed by atoms with E-state index in [9.17, 15) is 23.5 Å². The number of anilines is 1. The van der Waals surface area contributed by atoms with Crippen molar-refractivity contribution < 1.29 is 23.1 Å². The molecule has 2 aromatic heterocycles. The van der Waals surface area contributed by atoms with E-state index in [1.54, 1.807) is 50.1 Å². The van der Waals surface area contributed by atoms with E-state index in [1.807, 2.05) is 6.92 Å². The van der Waals surface area contributed by atoms with Crippen molar-refractivity contribution in [1.82, 2.24) is 9.78 Å². The Balaban J connectivity index is 1.89. The van der Waals surface area contributed by atoms with Crippen LogP contribution in [0.1, 0.15) is 40.0 Å². The summed E-state index contributed by atoms with van der Waals surface area (Å²) in [7, 11) is 1.75. The second-order valence-corrected chi connectivity index (χ2v) is 7.97. The molecule has 9 heteroatoms. The highest BCUT2D eigenvalue weighted by Crippen LogP contribution is 2.33. The Morgan fingerprint density at radius 2 is 1.97 bits per heavy atom. The molecule has 0 saturated carbocycles. The van der Waals surface area contributed by atoms with Crippen molar-refractivity contribution in [3.05, 3.63) is 80.8 Å². The van der Waals surface area contributed by atoms with Crippen LogP contribution >= 0.6 is 0 Å². The van der Waals surface area contributed by atoms with Crippen molar-refractivity contribution in [1.29, 1.82) is 0 Å². The van der Waals surface area contributed by atoms with Crippen LogP contribution in [0.3, 0.4) is 0 Å². The molecular weight excluding hydrogens is 432 g/mol. The molecule has 4 rings (SSSR count). The number of hydrogen-bond donors (Lipinski definition) is 2. The van der Waals surface area contributed by atoms with Crippen LogP contribution in [0, 0.1) is 25.5 Å². The molecule has 0 fully saturated rings. The number of aromatic carboxylic acids is 1. The zero-order valence-electron chi connectivity index (χ0n) is 18.4. The molecule has 170 valence electrons. The summed E-state index contributed by atoms with van der Waals surface area (Å²) >= 11 is 0. The lowest BCUT2D eigenvalue weighted by molar-refractivity contribution is 0.0691. The van der Waals surface area contributed by atoms with Gasteiger partial charge in [0.15, 0.2) is 17.1 Å². The Kier molecular flexibility index (Phi) is 5.49. The zero-order valence-corrected chi connectivity index (χ0v) is 18.4. The molecule has 1 atom stereocenters. The predicted octanol–water partition coefficient (Wildman–Crippen LogP) is 4.96. The fourth-order valence-electron chi connectivity index (χ4n) is 3.89. The number of aromatic nitrogens is 2. The van der Waals surface area contributed by atoms with Crippen molar-refractivity contribution in [2.45, 2.75) is 26.8 Å². The van der Waals surface area contributed by atoms with Gasteiger partial charge in [-0.1, -0.05) is 6.07 Å². The molecule has 0 aliphatic carbocycles. The maximum absolute atomic E-state index is 14.2. The quantitative estimate of drug-likeness (QED) is 0.443. The Morgan fingerprint density at radius 1 is 1.24 bits per heavy atom. The fraction of sp³-hybridized carbons (Fsp3) is 0.208. The number of nitrogens with zero attached hydrogens (tertiary/aromatic N) is 2. The van der Waals surface area contributed by atoms with Gasteiger partial charge in [-0.25, -0.2) is 13.6 Å². The second kappa shape index (κ2) is 8.16. The van der Waals surface area contributed by atoms with E-state index in [-0.39, 0.29) is 11.1 Å². The number of aryl methyl sites for hydroxylation is 2. The minimum absolute atomic E-state index is 0.0921. The van der Waals surface area contributed by atoms with Crippen LogP contribution in [0.4, 0.5) is 14.5 Å². The van der Waals surface area contributed by atoms with Gasteiger partial charge in [0.25, 0.3) is 0 Å². The summed E-state index contributed by atoms with van der Waals surface area (Å²) in [6, 6.07) is 4.93. The van der Waals surface area contributed by atoms with Gasteiger partial charge in [0.05, 0.1) is 28.9 Å². The number of carbonyl (C=O) groups is 1. The van der Waals surface area contributed by atoms with Crippen LogP contribution in [0.2, 0.25) is 0 Å². The molecule has 0 amide bonds. The molecule has 0 radical (unpaired) electrons. The first-order valence-corrected chi connectivity index (χ1v) is 10.1. The highest BCUT2D eigenvalue weighted by atomic mass is 19.2. The fourth-order valence-corrected chi connectivity index (χ4v) is 3.89. The normalized spacial score (nSPS) is 12.2. The standard InChI is InChI=1S/C24H21F2N3O4/c1-11-7-15(13(3)28-18-6-5-17(25)20(26)19(18)24(31)32)23-16(8-11)21(30)12(2)22(33-23)14-9-27-29(4)10-14/h5-10,13,28H,1-4H3,(H,31,32)/t13-/m1/s1. The minimum atomic E-state index is -1.60. The second-order valence-electron chi connectivity index (χ2n) is 7.97. The molecule has 0 aliphatic rings. The van der Waals surface area contributed by atoms with Crippen LogP contribution in [0.5, 0.6) is 0 Å². The van der Waals surface area contributed by atoms with Crippen LogP contribution < -0.4 is 10.7 Å². The Bertz CT molecular complexity index is 1470. The van der Waals surface area contributed by atoms with Gasteiger partial charge < -0.3 is 14.8 Å². The van der Waals surface area contributed by atoms with Crippen molar-refractivity contribution in [2.24, 2.45) is 7.05 Å². The van der Waals surface area contributed by atoms with Gasteiger partial charge in [-0.2, -0.15) is 5.10 Å². The summed E-state index contributed by atoms with van der Waals surface area (Å²) in [5.41, 5.74) is 1.64.